The molecule has 1 aromatic carbocycles. The topological polar surface area (TPSA) is 25.0 Å². The average molecular weight is 205 g/mol. The zero-order chi connectivity index (χ0) is 11.3. The van der Waals surface area contributed by atoms with Gasteiger partial charge in [-0.15, -0.1) is 0 Å². The zero-order valence-electron chi connectivity index (χ0n) is 9.92. The molecule has 2 aromatic rings. The molecule has 1 N–H and O–H groups in total. The fraction of sp³-hybridized carbons (Fsp3) is 0.385. The highest BCUT2D eigenvalue weighted by Gasteiger charge is 2.03. The van der Waals surface area contributed by atoms with Gasteiger partial charge < -0.3 is 9.72 Å². The van der Waals surface area contributed by atoms with Gasteiger partial charge in [-0.1, -0.05) is 26.8 Å². The van der Waals surface area contributed by atoms with Gasteiger partial charge in [0.2, 0.25) is 0 Å². The number of benzene rings is 1. The molecule has 0 atom stereocenters. The van der Waals surface area contributed by atoms with Gasteiger partial charge in [-0.3, -0.25) is 0 Å². The van der Waals surface area contributed by atoms with Crippen molar-refractivity contribution in [2.75, 3.05) is 7.11 Å². The second kappa shape index (κ2) is 5.44. The molecule has 0 aliphatic heterocycles. The number of H-pyrrole nitrogens is 1. The third kappa shape index (κ3) is 2.32. The molecule has 0 saturated heterocycles. The van der Waals surface area contributed by atoms with Crippen LogP contribution in [-0.4, -0.2) is 12.1 Å². The van der Waals surface area contributed by atoms with Crippen LogP contribution in [0, 0.1) is 0 Å². The maximum atomic E-state index is 5.27. The number of aryl methyl sites for hydroxylation is 1. The SMILES string of the molecule is CC.CCc1cc2c(OC)cccc2[nH]1. The van der Waals surface area contributed by atoms with Crippen LogP contribution in [0.1, 0.15) is 26.5 Å². The summed E-state index contributed by atoms with van der Waals surface area (Å²) in [6, 6.07) is 8.19. The maximum absolute atomic E-state index is 5.27. The Bertz CT molecular complexity index is 417. The average Bonchev–Trinajstić information content (AvgIpc) is 2.74. The summed E-state index contributed by atoms with van der Waals surface area (Å²) in [5, 5.41) is 1.17. The lowest BCUT2D eigenvalue weighted by atomic mass is 10.2. The Balaban J connectivity index is 0.000000531. The fourth-order valence-corrected chi connectivity index (χ4v) is 1.55. The molecule has 2 rings (SSSR count). The molecule has 0 fully saturated rings. The Morgan fingerprint density at radius 1 is 1.27 bits per heavy atom. The largest absolute Gasteiger partial charge is 0.496 e. The van der Waals surface area contributed by atoms with E-state index in [1.807, 2.05) is 26.0 Å². The van der Waals surface area contributed by atoms with Crippen molar-refractivity contribution in [1.82, 2.24) is 4.98 Å². The van der Waals surface area contributed by atoms with Crippen LogP contribution in [-0.2, 0) is 6.42 Å². The van der Waals surface area contributed by atoms with Gasteiger partial charge in [-0.05, 0) is 24.6 Å². The Morgan fingerprint density at radius 2 is 2.00 bits per heavy atom. The van der Waals surface area contributed by atoms with Crippen molar-refractivity contribution in [3.05, 3.63) is 30.0 Å². The van der Waals surface area contributed by atoms with Gasteiger partial charge in [-0.25, -0.2) is 0 Å². The molecule has 0 aliphatic rings. The molecular weight excluding hydrogens is 186 g/mol. The first kappa shape index (κ1) is 11.6. The summed E-state index contributed by atoms with van der Waals surface area (Å²) in [7, 11) is 1.70. The Labute approximate surface area is 91.3 Å². The van der Waals surface area contributed by atoms with Crippen LogP contribution in [0.2, 0.25) is 0 Å². The number of ether oxygens (including phenoxy) is 1. The molecule has 1 aromatic heterocycles. The molecule has 2 nitrogen and oxygen atoms in total. The predicted molar refractivity (Wildman–Crippen MR) is 65.6 cm³/mol. The molecule has 0 aliphatic carbocycles. The van der Waals surface area contributed by atoms with Crippen LogP contribution in [0.4, 0.5) is 0 Å². The number of fused-ring (bicyclic) bond motifs is 1. The predicted octanol–water partition coefficient (Wildman–Crippen LogP) is 3.77. The van der Waals surface area contributed by atoms with Crippen molar-refractivity contribution in [2.24, 2.45) is 0 Å². The lowest BCUT2D eigenvalue weighted by Crippen LogP contribution is -1.81. The number of hydrogen-bond donors (Lipinski definition) is 1. The highest BCUT2D eigenvalue weighted by molar-refractivity contribution is 5.86. The van der Waals surface area contributed by atoms with E-state index in [0.717, 1.165) is 17.7 Å². The number of methoxy groups -OCH3 is 1. The van der Waals surface area contributed by atoms with E-state index < -0.39 is 0 Å². The highest BCUT2D eigenvalue weighted by Crippen LogP contribution is 2.25. The summed E-state index contributed by atoms with van der Waals surface area (Å²) in [5.74, 6) is 0.938. The van der Waals surface area contributed by atoms with Gasteiger partial charge in [0.15, 0.2) is 0 Å². The van der Waals surface area contributed by atoms with Gasteiger partial charge in [0.05, 0.1) is 7.11 Å². The summed E-state index contributed by atoms with van der Waals surface area (Å²) >= 11 is 0. The standard InChI is InChI=1S/C11H13NO.C2H6/c1-3-8-7-9-10(12-8)5-4-6-11(9)13-2;1-2/h4-7,12H,3H2,1-2H3;1-2H3. The van der Waals surface area contributed by atoms with Crippen LogP contribution in [0.25, 0.3) is 10.9 Å². The van der Waals surface area contributed by atoms with Crippen molar-refractivity contribution in [1.29, 1.82) is 0 Å². The minimum absolute atomic E-state index is 0.938. The Kier molecular flexibility index (Phi) is 4.22. The molecule has 0 bridgehead atoms. The third-order valence-corrected chi connectivity index (χ3v) is 2.28. The highest BCUT2D eigenvalue weighted by atomic mass is 16.5. The number of rotatable bonds is 2. The second-order valence-corrected chi connectivity index (χ2v) is 3.07. The number of aromatic nitrogens is 1. The molecule has 0 spiro atoms. The van der Waals surface area contributed by atoms with Crippen LogP contribution < -0.4 is 4.74 Å². The van der Waals surface area contributed by atoms with E-state index in [-0.39, 0.29) is 0 Å². The number of hydrogen-bond acceptors (Lipinski definition) is 1. The van der Waals surface area contributed by atoms with Crippen LogP contribution in [0.5, 0.6) is 5.75 Å². The first-order valence-corrected chi connectivity index (χ1v) is 5.49. The molecule has 82 valence electrons. The van der Waals surface area contributed by atoms with Gasteiger partial charge in [0, 0.05) is 16.6 Å². The van der Waals surface area contributed by atoms with E-state index in [4.69, 9.17) is 4.74 Å². The Hall–Kier alpha value is -1.44. The molecule has 1 heterocycles. The quantitative estimate of drug-likeness (QED) is 0.793. The van der Waals surface area contributed by atoms with Gasteiger partial charge in [0.1, 0.15) is 5.75 Å². The van der Waals surface area contributed by atoms with E-state index in [1.54, 1.807) is 7.11 Å². The van der Waals surface area contributed by atoms with Gasteiger partial charge in [0.25, 0.3) is 0 Å². The smallest absolute Gasteiger partial charge is 0.128 e. The summed E-state index contributed by atoms with van der Waals surface area (Å²) < 4.78 is 5.27. The Morgan fingerprint density at radius 3 is 2.60 bits per heavy atom. The lowest BCUT2D eigenvalue weighted by molar-refractivity contribution is 0.420. The van der Waals surface area contributed by atoms with E-state index in [2.05, 4.69) is 24.0 Å². The van der Waals surface area contributed by atoms with Crippen molar-refractivity contribution >= 4 is 10.9 Å². The zero-order valence-corrected chi connectivity index (χ0v) is 9.92. The molecule has 0 amide bonds. The van der Waals surface area contributed by atoms with Crippen LogP contribution in [0.3, 0.4) is 0 Å². The fourth-order valence-electron chi connectivity index (χ4n) is 1.55. The summed E-state index contributed by atoms with van der Waals surface area (Å²) in [5.41, 5.74) is 2.40. The van der Waals surface area contributed by atoms with E-state index in [9.17, 15) is 0 Å². The molecule has 2 heteroatoms. The van der Waals surface area contributed by atoms with Gasteiger partial charge in [-0.2, -0.15) is 0 Å². The molecule has 0 unspecified atom stereocenters. The first-order valence-electron chi connectivity index (χ1n) is 5.49. The monoisotopic (exact) mass is 205 g/mol. The van der Waals surface area contributed by atoms with E-state index in [0.29, 0.717) is 0 Å². The van der Waals surface area contributed by atoms with Crippen LogP contribution >= 0.6 is 0 Å². The number of nitrogens with one attached hydrogen (secondary N) is 1. The van der Waals surface area contributed by atoms with Crippen molar-refractivity contribution in [3.63, 3.8) is 0 Å². The van der Waals surface area contributed by atoms with E-state index >= 15 is 0 Å². The second-order valence-electron chi connectivity index (χ2n) is 3.07. The lowest BCUT2D eigenvalue weighted by Gasteiger charge is -1.99. The van der Waals surface area contributed by atoms with Crippen molar-refractivity contribution in [2.45, 2.75) is 27.2 Å². The summed E-state index contributed by atoms with van der Waals surface area (Å²) in [6.45, 7) is 6.14. The van der Waals surface area contributed by atoms with E-state index in [1.165, 1.54) is 11.1 Å². The van der Waals surface area contributed by atoms with Crippen molar-refractivity contribution < 1.29 is 4.74 Å². The third-order valence-electron chi connectivity index (χ3n) is 2.28. The minimum atomic E-state index is 0.938. The van der Waals surface area contributed by atoms with Gasteiger partial charge >= 0.3 is 0 Å². The summed E-state index contributed by atoms with van der Waals surface area (Å²) in [4.78, 5) is 3.34. The molecule has 0 saturated carbocycles. The summed E-state index contributed by atoms with van der Waals surface area (Å²) in [6.07, 6.45) is 1.03. The molecule has 15 heavy (non-hydrogen) atoms. The molecular formula is C13H19NO. The van der Waals surface area contributed by atoms with Crippen LogP contribution in [0.15, 0.2) is 24.3 Å². The number of aromatic amines is 1. The van der Waals surface area contributed by atoms with Crippen molar-refractivity contribution in [3.8, 4) is 5.75 Å². The first-order chi connectivity index (χ1) is 7.35. The normalized spacial score (nSPS) is 9.60. The maximum Gasteiger partial charge on any atom is 0.128 e. The minimum Gasteiger partial charge on any atom is -0.496 e. The molecule has 0 radical (unpaired) electrons.